The molecule has 0 amide bonds. The van der Waals surface area contributed by atoms with E-state index in [0.717, 1.165) is 13.1 Å². The molecular formula is C13H17BrFN3O4. The zero-order valence-corrected chi connectivity index (χ0v) is 13.7. The number of methoxy groups -OCH3 is 1. The van der Waals surface area contributed by atoms with Gasteiger partial charge in [0.1, 0.15) is 5.75 Å². The number of morpholine rings is 1. The van der Waals surface area contributed by atoms with Crippen molar-refractivity contribution in [1.29, 1.82) is 0 Å². The molecule has 1 N–H and O–H groups in total. The van der Waals surface area contributed by atoms with E-state index in [4.69, 9.17) is 9.47 Å². The van der Waals surface area contributed by atoms with E-state index in [0.29, 0.717) is 26.3 Å². The summed E-state index contributed by atoms with van der Waals surface area (Å²) in [6.45, 7) is 4.11. The third-order valence-electron chi connectivity index (χ3n) is 3.39. The van der Waals surface area contributed by atoms with Gasteiger partial charge in [-0.15, -0.1) is 0 Å². The third-order valence-corrected chi connectivity index (χ3v) is 3.97. The van der Waals surface area contributed by atoms with Gasteiger partial charge in [-0.05, 0) is 22.0 Å². The van der Waals surface area contributed by atoms with Gasteiger partial charge in [0.25, 0.3) is 0 Å². The predicted molar refractivity (Wildman–Crippen MR) is 83.1 cm³/mol. The Morgan fingerprint density at radius 1 is 1.55 bits per heavy atom. The minimum Gasteiger partial charge on any atom is -0.494 e. The molecule has 1 aromatic carbocycles. The number of hydrogen-bond donors (Lipinski definition) is 1. The Labute approximate surface area is 135 Å². The molecular weight excluding hydrogens is 361 g/mol. The number of nitro benzene ring substituents is 1. The number of rotatable bonds is 6. The van der Waals surface area contributed by atoms with Crippen LogP contribution in [0, 0.1) is 15.9 Å². The second-order valence-electron chi connectivity index (χ2n) is 4.74. The first-order valence-corrected chi connectivity index (χ1v) is 7.58. The Morgan fingerprint density at radius 3 is 2.82 bits per heavy atom. The molecule has 1 saturated heterocycles. The van der Waals surface area contributed by atoms with Gasteiger partial charge in [-0.3, -0.25) is 15.0 Å². The van der Waals surface area contributed by atoms with E-state index in [9.17, 15) is 14.5 Å². The molecule has 1 aliphatic heterocycles. The minimum atomic E-state index is -0.917. The molecule has 7 nitrogen and oxygen atoms in total. The van der Waals surface area contributed by atoms with Crippen molar-refractivity contribution in [2.75, 3.05) is 51.8 Å². The Hall–Kier alpha value is -1.45. The van der Waals surface area contributed by atoms with Gasteiger partial charge in [0.15, 0.2) is 5.69 Å². The molecule has 1 aliphatic rings. The molecule has 22 heavy (non-hydrogen) atoms. The molecule has 1 fully saturated rings. The van der Waals surface area contributed by atoms with E-state index < -0.39 is 16.4 Å². The standard InChI is InChI=1S/C13H17BrFN3O4/c1-21-10-8-9(14)11(15)13(18(19)20)12(10)16-2-3-17-4-6-22-7-5-17/h8,16H,2-7H2,1H3. The number of anilines is 1. The van der Waals surface area contributed by atoms with E-state index in [1.54, 1.807) is 0 Å². The van der Waals surface area contributed by atoms with E-state index in [1.807, 2.05) is 0 Å². The molecule has 1 aromatic rings. The normalized spacial score (nSPS) is 15.6. The quantitative estimate of drug-likeness (QED) is 0.605. The maximum absolute atomic E-state index is 14.0. The van der Waals surface area contributed by atoms with Crippen LogP contribution in [0.5, 0.6) is 5.75 Å². The molecule has 0 bridgehead atoms. The second-order valence-corrected chi connectivity index (χ2v) is 5.59. The summed E-state index contributed by atoms with van der Waals surface area (Å²) in [6, 6.07) is 1.37. The van der Waals surface area contributed by atoms with Crippen molar-refractivity contribution in [3.63, 3.8) is 0 Å². The van der Waals surface area contributed by atoms with Gasteiger partial charge in [0, 0.05) is 26.2 Å². The summed E-state index contributed by atoms with van der Waals surface area (Å²) < 4.78 is 24.4. The smallest absolute Gasteiger partial charge is 0.332 e. The molecule has 122 valence electrons. The number of nitrogens with one attached hydrogen (secondary N) is 1. The van der Waals surface area contributed by atoms with Crippen LogP contribution in [0.15, 0.2) is 10.5 Å². The molecule has 9 heteroatoms. The van der Waals surface area contributed by atoms with Gasteiger partial charge < -0.3 is 14.8 Å². The Bertz CT molecular complexity index is 553. The molecule has 1 heterocycles. The van der Waals surface area contributed by atoms with Crippen molar-refractivity contribution in [3.05, 3.63) is 26.5 Å². The Kier molecular flexibility index (Phi) is 5.92. The lowest BCUT2D eigenvalue weighted by Crippen LogP contribution is -2.39. The van der Waals surface area contributed by atoms with Crippen molar-refractivity contribution < 1.29 is 18.8 Å². The number of nitrogens with zero attached hydrogens (tertiary/aromatic N) is 2. The lowest BCUT2D eigenvalue weighted by atomic mass is 10.2. The summed E-state index contributed by atoms with van der Waals surface area (Å²) in [6.07, 6.45) is 0. The monoisotopic (exact) mass is 377 g/mol. The lowest BCUT2D eigenvalue weighted by molar-refractivity contribution is -0.386. The zero-order chi connectivity index (χ0) is 16.1. The van der Waals surface area contributed by atoms with E-state index in [2.05, 4.69) is 26.1 Å². The van der Waals surface area contributed by atoms with Gasteiger partial charge in [-0.25, -0.2) is 0 Å². The van der Waals surface area contributed by atoms with Gasteiger partial charge >= 0.3 is 5.69 Å². The van der Waals surface area contributed by atoms with E-state index >= 15 is 0 Å². The summed E-state index contributed by atoms with van der Waals surface area (Å²) in [5.74, 6) is -0.693. The molecule has 0 atom stereocenters. The Morgan fingerprint density at radius 2 is 2.23 bits per heavy atom. The number of benzene rings is 1. The molecule has 0 spiro atoms. The summed E-state index contributed by atoms with van der Waals surface area (Å²) in [7, 11) is 1.39. The van der Waals surface area contributed by atoms with E-state index in [1.165, 1.54) is 13.2 Å². The molecule has 0 saturated carbocycles. The van der Waals surface area contributed by atoms with Gasteiger partial charge in [0.05, 0.1) is 29.7 Å². The lowest BCUT2D eigenvalue weighted by Gasteiger charge is -2.26. The fourth-order valence-corrected chi connectivity index (χ4v) is 2.65. The van der Waals surface area contributed by atoms with Crippen LogP contribution in [0.25, 0.3) is 0 Å². The summed E-state index contributed by atoms with van der Waals surface area (Å²) in [4.78, 5) is 12.6. The average Bonchev–Trinajstić information content (AvgIpc) is 2.51. The number of ether oxygens (including phenoxy) is 2. The fourth-order valence-electron chi connectivity index (χ4n) is 2.26. The highest BCUT2D eigenvalue weighted by atomic mass is 79.9. The fraction of sp³-hybridized carbons (Fsp3) is 0.538. The number of halogens is 2. The molecule has 0 radical (unpaired) electrons. The molecule has 0 unspecified atom stereocenters. The van der Waals surface area contributed by atoms with Crippen LogP contribution >= 0.6 is 15.9 Å². The predicted octanol–water partition coefficient (Wildman–Crippen LogP) is 2.25. The van der Waals surface area contributed by atoms with Crippen LogP contribution in [0.3, 0.4) is 0 Å². The van der Waals surface area contributed by atoms with Crippen LogP contribution in [0.4, 0.5) is 15.8 Å². The molecule has 0 aromatic heterocycles. The van der Waals surface area contributed by atoms with Crippen molar-refractivity contribution in [3.8, 4) is 5.75 Å². The van der Waals surface area contributed by atoms with Gasteiger partial charge in [0.2, 0.25) is 5.82 Å². The van der Waals surface area contributed by atoms with Crippen molar-refractivity contribution >= 4 is 27.3 Å². The SMILES string of the molecule is COc1cc(Br)c(F)c([N+](=O)[O-])c1NCCN1CCOCC1. The van der Waals surface area contributed by atoms with E-state index in [-0.39, 0.29) is 15.9 Å². The summed E-state index contributed by atoms with van der Waals surface area (Å²) in [5.41, 5.74) is -0.560. The van der Waals surface area contributed by atoms with Crippen LogP contribution in [0.1, 0.15) is 0 Å². The molecule has 2 rings (SSSR count). The minimum absolute atomic E-state index is 0.00483. The molecule has 0 aliphatic carbocycles. The topological polar surface area (TPSA) is 76.9 Å². The average molecular weight is 378 g/mol. The number of hydrogen-bond acceptors (Lipinski definition) is 6. The van der Waals surface area contributed by atoms with Gasteiger partial charge in [-0.1, -0.05) is 0 Å². The maximum atomic E-state index is 14.0. The summed E-state index contributed by atoms with van der Waals surface area (Å²) >= 11 is 2.96. The first kappa shape index (κ1) is 16.9. The van der Waals surface area contributed by atoms with Crippen molar-refractivity contribution in [2.24, 2.45) is 0 Å². The van der Waals surface area contributed by atoms with Crippen LogP contribution in [-0.2, 0) is 4.74 Å². The largest absolute Gasteiger partial charge is 0.494 e. The van der Waals surface area contributed by atoms with Crippen LogP contribution in [-0.4, -0.2) is 56.3 Å². The van der Waals surface area contributed by atoms with Gasteiger partial charge in [-0.2, -0.15) is 4.39 Å². The second kappa shape index (κ2) is 7.70. The van der Waals surface area contributed by atoms with Crippen molar-refractivity contribution in [1.82, 2.24) is 4.90 Å². The first-order valence-electron chi connectivity index (χ1n) is 6.79. The highest BCUT2D eigenvalue weighted by Crippen LogP contribution is 2.40. The first-order chi connectivity index (χ1) is 10.5. The summed E-state index contributed by atoms with van der Waals surface area (Å²) in [5, 5.41) is 14.1. The third kappa shape index (κ3) is 3.84. The highest BCUT2D eigenvalue weighted by Gasteiger charge is 2.27. The Balaban J connectivity index is 2.14. The highest BCUT2D eigenvalue weighted by molar-refractivity contribution is 9.10. The van der Waals surface area contributed by atoms with Crippen molar-refractivity contribution in [2.45, 2.75) is 0 Å². The van der Waals surface area contributed by atoms with Crippen LogP contribution < -0.4 is 10.1 Å². The van der Waals surface area contributed by atoms with Crippen LogP contribution in [0.2, 0.25) is 0 Å². The number of nitro groups is 1. The zero-order valence-electron chi connectivity index (χ0n) is 12.1. The maximum Gasteiger partial charge on any atom is 0.332 e.